The lowest BCUT2D eigenvalue weighted by Gasteiger charge is -2.29. The Bertz CT molecular complexity index is 1060. The van der Waals surface area contributed by atoms with Crippen LogP contribution in [0.2, 0.25) is 5.02 Å². The van der Waals surface area contributed by atoms with Crippen molar-refractivity contribution < 1.29 is 4.79 Å². The van der Waals surface area contributed by atoms with Crippen LogP contribution in [-0.2, 0) is 4.79 Å². The summed E-state index contributed by atoms with van der Waals surface area (Å²) in [6, 6.07) is 15.6. The van der Waals surface area contributed by atoms with E-state index in [1.165, 1.54) is 6.33 Å². The Morgan fingerprint density at radius 2 is 2.00 bits per heavy atom. The Hall–Kier alpha value is -3.21. The summed E-state index contributed by atoms with van der Waals surface area (Å²) in [5.41, 5.74) is 3.65. The van der Waals surface area contributed by atoms with Crippen LogP contribution in [0.25, 0.3) is 5.69 Å². The number of carbonyl (C=O) groups is 1. The quantitative estimate of drug-likeness (QED) is 0.529. The number of nitrogens with zero attached hydrogens (tertiary/aromatic N) is 6. The summed E-state index contributed by atoms with van der Waals surface area (Å²) in [4.78, 5) is 20.7. The number of amides is 1. The number of hydrogen-bond acceptors (Lipinski definition) is 5. The molecule has 1 aromatic heterocycles. The molecule has 31 heavy (non-hydrogen) atoms. The normalized spacial score (nSPS) is 11.9. The number of aryl methyl sites for hydroxylation is 1. The van der Waals surface area contributed by atoms with E-state index in [0.29, 0.717) is 11.6 Å². The number of nitriles is 1. The minimum absolute atomic E-state index is 0.0264. The minimum Gasteiger partial charge on any atom is -0.310 e. The van der Waals surface area contributed by atoms with Gasteiger partial charge >= 0.3 is 0 Å². The largest absolute Gasteiger partial charge is 0.310 e. The van der Waals surface area contributed by atoms with Crippen molar-refractivity contribution in [2.24, 2.45) is 0 Å². The second kappa shape index (κ2) is 10.2. The summed E-state index contributed by atoms with van der Waals surface area (Å²) in [6.45, 7) is 4.52. The van der Waals surface area contributed by atoms with E-state index in [1.807, 2.05) is 55.3 Å². The molecule has 0 saturated carbocycles. The highest BCUT2D eigenvalue weighted by atomic mass is 35.5. The van der Waals surface area contributed by atoms with Crippen molar-refractivity contribution in [2.45, 2.75) is 26.3 Å². The lowest BCUT2D eigenvalue weighted by Crippen LogP contribution is -2.40. The Labute approximate surface area is 187 Å². The van der Waals surface area contributed by atoms with Gasteiger partial charge in [0.2, 0.25) is 5.91 Å². The second-order valence-electron chi connectivity index (χ2n) is 7.41. The van der Waals surface area contributed by atoms with E-state index in [4.69, 9.17) is 16.9 Å². The molecule has 8 heteroatoms. The zero-order valence-corrected chi connectivity index (χ0v) is 18.6. The lowest BCUT2D eigenvalue weighted by atomic mass is 10.1. The summed E-state index contributed by atoms with van der Waals surface area (Å²) in [7, 11) is 1.92. The number of likely N-dealkylation sites (N-methyl/N-ethyl adjacent to an activating group) is 1. The van der Waals surface area contributed by atoms with Gasteiger partial charge in [-0.25, -0.2) is 9.67 Å². The zero-order valence-electron chi connectivity index (χ0n) is 17.9. The topological polar surface area (TPSA) is 78.0 Å². The summed E-state index contributed by atoms with van der Waals surface area (Å²) in [6.07, 6.45) is 3.41. The third-order valence-electron chi connectivity index (χ3n) is 5.31. The summed E-state index contributed by atoms with van der Waals surface area (Å²) in [5, 5.41) is 13.8. The third kappa shape index (κ3) is 5.48. The highest BCUT2D eigenvalue weighted by Gasteiger charge is 2.21. The Kier molecular flexibility index (Phi) is 7.40. The molecule has 0 bridgehead atoms. The summed E-state index contributed by atoms with van der Waals surface area (Å²) in [5.74, 6) is -0.0643. The molecule has 0 aliphatic carbocycles. The van der Waals surface area contributed by atoms with Gasteiger partial charge in [-0.15, -0.1) is 0 Å². The van der Waals surface area contributed by atoms with Gasteiger partial charge in [-0.1, -0.05) is 23.7 Å². The van der Waals surface area contributed by atoms with Crippen molar-refractivity contribution in [3.63, 3.8) is 0 Å². The number of rotatable bonds is 8. The van der Waals surface area contributed by atoms with Gasteiger partial charge in [-0.2, -0.15) is 10.4 Å². The number of carbonyl (C=O) groups excluding carboxylic acids is 1. The first-order valence-corrected chi connectivity index (χ1v) is 10.4. The fourth-order valence-corrected chi connectivity index (χ4v) is 3.41. The molecule has 3 rings (SSSR count). The molecule has 3 aromatic rings. The van der Waals surface area contributed by atoms with Crippen molar-refractivity contribution in [1.82, 2.24) is 19.7 Å². The number of benzene rings is 2. The zero-order chi connectivity index (χ0) is 22.4. The third-order valence-corrected chi connectivity index (χ3v) is 5.73. The van der Waals surface area contributed by atoms with E-state index in [2.05, 4.69) is 23.1 Å². The molecule has 0 N–H and O–H groups in total. The van der Waals surface area contributed by atoms with Crippen molar-refractivity contribution >= 4 is 23.2 Å². The maximum atomic E-state index is 13.1. The first kappa shape index (κ1) is 22.5. The number of aromatic nitrogens is 3. The monoisotopic (exact) mass is 436 g/mol. The van der Waals surface area contributed by atoms with Crippen LogP contribution in [0.5, 0.6) is 0 Å². The molecule has 1 amide bonds. The van der Waals surface area contributed by atoms with Crippen LogP contribution < -0.4 is 4.90 Å². The van der Waals surface area contributed by atoms with Crippen molar-refractivity contribution in [3.8, 4) is 11.8 Å². The van der Waals surface area contributed by atoms with Gasteiger partial charge in [0.15, 0.2) is 0 Å². The molecule has 0 aliphatic rings. The molecular weight excluding hydrogens is 412 g/mol. The maximum Gasteiger partial charge on any atom is 0.241 e. The van der Waals surface area contributed by atoms with Crippen LogP contribution in [0.3, 0.4) is 0 Å². The van der Waals surface area contributed by atoms with Crippen LogP contribution in [0, 0.1) is 18.3 Å². The van der Waals surface area contributed by atoms with E-state index in [9.17, 15) is 4.79 Å². The highest BCUT2D eigenvalue weighted by Crippen LogP contribution is 2.24. The maximum absolute atomic E-state index is 13.1. The van der Waals surface area contributed by atoms with Crippen LogP contribution in [-0.4, -0.2) is 45.7 Å². The molecular formula is C23H25ClN6O. The first-order chi connectivity index (χ1) is 14.9. The SMILES string of the molecule is Cc1cc(N(CCC#N)C(=O)CN(C)C(C)c2ccc(-n3cncn3)cc2)ccc1Cl. The Morgan fingerprint density at radius 1 is 1.26 bits per heavy atom. The molecule has 0 fully saturated rings. The Balaban J connectivity index is 1.71. The van der Waals surface area contributed by atoms with E-state index in [1.54, 1.807) is 22.0 Å². The van der Waals surface area contributed by atoms with Crippen LogP contribution >= 0.6 is 11.6 Å². The van der Waals surface area contributed by atoms with Crippen molar-refractivity contribution in [3.05, 3.63) is 71.3 Å². The highest BCUT2D eigenvalue weighted by molar-refractivity contribution is 6.31. The van der Waals surface area contributed by atoms with Gasteiger partial charge < -0.3 is 4.90 Å². The molecule has 7 nitrogen and oxygen atoms in total. The molecule has 0 spiro atoms. The lowest BCUT2D eigenvalue weighted by molar-refractivity contribution is -0.119. The minimum atomic E-state index is -0.0643. The van der Waals surface area contributed by atoms with Crippen LogP contribution in [0.15, 0.2) is 55.1 Å². The molecule has 1 unspecified atom stereocenters. The Morgan fingerprint density at radius 3 is 2.61 bits per heavy atom. The van der Waals surface area contributed by atoms with Gasteiger partial charge in [0.05, 0.1) is 24.7 Å². The predicted octanol–water partition coefficient (Wildman–Crippen LogP) is 4.17. The van der Waals surface area contributed by atoms with Crippen molar-refractivity contribution in [2.75, 3.05) is 25.0 Å². The van der Waals surface area contributed by atoms with E-state index < -0.39 is 0 Å². The summed E-state index contributed by atoms with van der Waals surface area (Å²) >= 11 is 6.13. The van der Waals surface area contributed by atoms with Gasteiger partial charge in [-0.3, -0.25) is 9.69 Å². The number of anilines is 1. The van der Waals surface area contributed by atoms with Gasteiger partial charge in [0.25, 0.3) is 0 Å². The molecule has 0 aliphatic heterocycles. The first-order valence-electron chi connectivity index (χ1n) is 9.99. The summed E-state index contributed by atoms with van der Waals surface area (Å²) < 4.78 is 1.70. The number of hydrogen-bond donors (Lipinski definition) is 0. The van der Waals surface area contributed by atoms with Crippen LogP contribution in [0.1, 0.15) is 30.5 Å². The number of halogens is 1. The molecule has 160 valence electrons. The van der Waals surface area contributed by atoms with Gasteiger partial charge in [0.1, 0.15) is 12.7 Å². The molecule has 2 aromatic carbocycles. The molecule has 1 atom stereocenters. The molecule has 0 radical (unpaired) electrons. The average Bonchev–Trinajstić information content (AvgIpc) is 3.31. The second-order valence-corrected chi connectivity index (χ2v) is 7.82. The standard InChI is InChI=1S/C23H25ClN6O/c1-17-13-21(9-10-22(17)24)29(12-4-11-25)23(31)14-28(3)18(2)19-5-7-20(8-6-19)30-16-26-15-27-30/h5-10,13,15-16,18H,4,12,14H2,1-3H3. The van der Waals surface area contributed by atoms with E-state index in [0.717, 1.165) is 22.5 Å². The van der Waals surface area contributed by atoms with Crippen molar-refractivity contribution in [1.29, 1.82) is 5.26 Å². The average molecular weight is 437 g/mol. The predicted molar refractivity (Wildman–Crippen MR) is 121 cm³/mol. The van der Waals surface area contributed by atoms with E-state index >= 15 is 0 Å². The smallest absolute Gasteiger partial charge is 0.241 e. The van der Waals surface area contributed by atoms with E-state index in [-0.39, 0.29) is 24.9 Å². The fourth-order valence-electron chi connectivity index (χ4n) is 3.29. The fraction of sp³-hybridized carbons (Fsp3) is 0.304. The molecule has 0 saturated heterocycles. The molecule has 1 heterocycles. The van der Waals surface area contributed by atoms with Crippen LogP contribution in [0.4, 0.5) is 5.69 Å². The van der Waals surface area contributed by atoms with Gasteiger partial charge in [-0.05, 0) is 62.4 Å². The van der Waals surface area contributed by atoms with Gasteiger partial charge in [0, 0.05) is 23.3 Å².